The van der Waals surface area contributed by atoms with Crippen molar-refractivity contribution in [2.45, 2.75) is 6.92 Å². The smallest absolute Gasteiger partial charge is 0.312 e. The molecule has 1 N–H and O–H groups in total. The number of rotatable bonds is 4. The lowest BCUT2D eigenvalue weighted by atomic mass is 10.1. The number of ketones is 1. The predicted octanol–water partition coefficient (Wildman–Crippen LogP) is 1.61. The van der Waals surface area contributed by atoms with Gasteiger partial charge in [0.2, 0.25) is 5.78 Å². The molecule has 6 nitrogen and oxygen atoms in total. The van der Waals surface area contributed by atoms with Crippen molar-refractivity contribution in [2.75, 3.05) is 7.11 Å². The van der Waals surface area contributed by atoms with Crippen molar-refractivity contribution in [3.63, 3.8) is 0 Å². The van der Waals surface area contributed by atoms with Crippen LogP contribution in [-0.4, -0.2) is 22.9 Å². The zero-order valence-corrected chi connectivity index (χ0v) is 9.34. The van der Waals surface area contributed by atoms with Gasteiger partial charge in [-0.1, -0.05) is 6.07 Å². The van der Waals surface area contributed by atoms with Gasteiger partial charge >= 0.3 is 5.70 Å². The third-order valence-electron chi connectivity index (χ3n) is 2.06. The van der Waals surface area contributed by atoms with E-state index in [1.54, 1.807) is 0 Å². The average Bonchev–Trinajstić information content (AvgIpc) is 2.26. The number of hydrogen-bond acceptors (Lipinski definition) is 5. The van der Waals surface area contributed by atoms with E-state index < -0.39 is 16.4 Å². The molecule has 0 bridgehead atoms. The molecule has 0 atom stereocenters. The third kappa shape index (κ3) is 3.04. The monoisotopic (exact) mass is 237 g/mol. The zero-order chi connectivity index (χ0) is 13.0. The maximum absolute atomic E-state index is 11.0. The van der Waals surface area contributed by atoms with Crippen LogP contribution in [0.2, 0.25) is 0 Å². The average molecular weight is 237 g/mol. The summed E-state index contributed by atoms with van der Waals surface area (Å²) < 4.78 is 4.85. The normalized spacial score (nSPS) is 11.1. The number of carbonyl (C=O) groups is 1. The van der Waals surface area contributed by atoms with Gasteiger partial charge in [0, 0.05) is 13.0 Å². The number of ether oxygens (including phenoxy) is 1. The zero-order valence-electron chi connectivity index (χ0n) is 9.34. The Hall–Kier alpha value is -2.37. The number of phenolic OH excluding ortho intramolecular Hbond substituents is 1. The minimum atomic E-state index is -0.748. The lowest BCUT2D eigenvalue weighted by Crippen LogP contribution is -2.07. The van der Waals surface area contributed by atoms with Crippen LogP contribution in [0.25, 0.3) is 6.08 Å². The molecule has 90 valence electrons. The standard InChI is InChI=1S/C11H11NO5/c1-7(13)9(12(15)16)5-8-3-4-10(14)11(6-8)17-2/h3-6,14H,1-2H3. The van der Waals surface area contributed by atoms with E-state index in [4.69, 9.17) is 4.74 Å². The van der Waals surface area contributed by atoms with Gasteiger partial charge in [-0.15, -0.1) is 0 Å². The molecule has 0 amide bonds. The number of phenols is 1. The fraction of sp³-hybridized carbons (Fsp3) is 0.182. The van der Waals surface area contributed by atoms with E-state index in [2.05, 4.69) is 0 Å². The Kier molecular flexibility index (Phi) is 3.82. The molecule has 0 aliphatic carbocycles. The summed E-state index contributed by atoms with van der Waals surface area (Å²) >= 11 is 0. The molecule has 17 heavy (non-hydrogen) atoms. The Morgan fingerprint density at radius 3 is 2.65 bits per heavy atom. The number of methoxy groups -OCH3 is 1. The summed E-state index contributed by atoms with van der Waals surface area (Å²) in [5, 5.41) is 19.9. The summed E-state index contributed by atoms with van der Waals surface area (Å²) in [5.41, 5.74) is -0.112. The second-order valence-electron chi connectivity index (χ2n) is 3.27. The van der Waals surface area contributed by atoms with Crippen molar-refractivity contribution in [3.05, 3.63) is 39.6 Å². The Balaban J connectivity index is 3.21. The van der Waals surface area contributed by atoms with Gasteiger partial charge in [-0.05, 0) is 17.7 Å². The summed E-state index contributed by atoms with van der Waals surface area (Å²) in [6.45, 7) is 1.12. The second-order valence-corrected chi connectivity index (χ2v) is 3.27. The van der Waals surface area contributed by atoms with E-state index in [-0.39, 0.29) is 11.5 Å². The maximum Gasteiger partial charge on any atom is 0.312 e. The Labute approximate surface area is 97.3 Å². The van der Waals surface area contributed by atoms with E-state index in [1.807, 2.05) is 0 Å². The lowest BCUT2D eigenvalue weighted by molar-refractivity contribution is -0.417. The van der Waals surface area contributed by atoms with Crippen LogP contribution in [0.3, 0.4) is 0 Å². The highest BCUT2D eigenvalue weighted by molar-refractivity contribution is 5.95. The highest BCUT2D eigenvalue weighted by Gasteiger charge is 2.16. The number of Topliss-reactive ketones (excluding diaryl/α,β-unsaturated/α-hetero) is 1. The molecule has 1 aromatic carbocycles. The van der Waals surface area contributed by atoms with Crippen LogP contribution < -0.4 is 4.74 Å². The molecule has 1 aromatic rings. The van der Waals surface area contributed by atoms with E-state index in [1.165, 1.54) is 25.3 Å². The fourth-order valence-electron chi connectivity index (χ4n) is 1.22. The first-order chi connectivity index (χ1) is 7.95. The topological polar surface area (TPSA) is 89.7 Å². The largest absolute Gasteiger partial charge is 0.504 e. The molecular formula is C11H11NO5. The minimum Gasteiger partial charge on any atom is -0.504 e. The molecule has 0 aliphatic rings. The summed E-state index contributed by atoms with van der Waals surface area (Å²) in [6, 6.07) is 4.19. The molecule has 0 saturated heterocycles. The highest BCUT2D eigenvalue weighted by Crippen LogP contribution is 2.27. The second kappa shape index (κ2) is 5.11. The molecule has 0 heterocycles. The molecular weight excluding hydrogens is 226 g/mol. The van der Waals surface area contributed by atoms with Crippen molar-refractivity contribution in [1.29, 1.82) is 0 Å². The molecule has 0 aliphatic heterocycles. The molecule has 0 saturated carbocycles. The van der Waals surface area contributed by atoms with Crippen LogP contribution in [0.1, 0.15) is 12.5 Å². The first kappa shape index (κ1) is 12.7. The Bertz CT molecular complexity index is 477. The van der Waals surface area contributed by atoms with Crippen LogP contribution >= 0.6 is 0 Å². The van der Waals surface area contributed by atoms with Crippen LogP contribution in [0.5, 0.6) is 11.5 Å². The molecule has 0 spiro atoms. The first-order valence-electron chi connectivity index (χ1n) is 4.69. The Morgan fingerprint density at radius 1 is 1.53 bits per heavy atom. The molecule has 0 aromatic heterocycles. The number of hydrogen-bond donors (Lipinski definition) is 1. The van der Waals surface area contributed by atoms with Crippen molar-refractivity contribution >= 4 is 11.9 Å². The van der Waals surface area contributed by atoms with Crippen LogP contribution in [0.4, 0.5) is 0 Å². The molecule has 0 radical (unpaired) electrons. The van der Waals surface area contributed by atoms with Gasteiger partial charge in [0.1, 0.15) is 0 Å². The number of carbonyl (C=O) groups excluding carboxylic acids is 1. The van der Waals surface area contributed by atoms with Crippen LogP contribution in [0, 0.1) is 10.1 Å². The van der Waals surface area contributed by atoms with Crippen LogP contribution in [0.15, 0.2) is 23.9 Å². The summed E-state index contributed by atoms with van der Waals surface area (Å²) in [6.07, 6.45) is 1.13. The van der Waals surface area contributed by atoms with E-state index >= 15 is 0 Å². The van der Waals surface area contributed by atoms with Crippen LogP contribution in [-0.2, 0) is 4.79 Å². The summed E-state index contributed by atoms with van der Waals surface area (Å²) in [4.78, 5) is 20.9. The molecule has 6 heteroatoms. The molecule has 0 fully saturated rings. The van der Waals surface area contributed by atoms with Crippen molar-refractivity contribution in [2.24, 2.45) is 0 Å². The fourth-order valence-corrected chi connectivity index (χ4v) is 1.22. The van der Waals surface area contributed by atoms with E-state index in [9.17, 15) is 20.0 Å². The maximum atomic E-state index is 11.0. The van der Waals surface area contributed by atoms with Crippen molar-refractivity contribution in [1.82, 2.24) is 0 Å². The minimum absolute atomic E-state index is 0.0740. The number of nitrogens with zero attached hydrogens (tertiary/aromatic N) is 1. The molecule has 0 unspecified atom stereocenters. The number of allylic oxidation sites excluding steroid dienone is 1. The van der Waals surface area contributed by atoms with Gasteiger partial charge in [0.25, 0.3) is 0 Å². The first-order valence-corrected chi connectivity index (χ1v) is 4.69. The highest BCUT2D eigenvalue weighted by atomic mass is 16.6. The van der Waals surface area contributed by atoms with Gasteiger partial charge in [-0.3, -0.25) is 14.9 Å². The van der Waals surface area contributed by atoms with Crippen molar-refractivity contribution < 1.29 is 19.6 Å². The number of aromatic hydroxyl groups is 1. The van der Waals surface area contributed by atoms with Gasteiger partial charge in [0.05, 0.1) is 12.0 Å². The number of nitro groups is 1. The van der Waals surface area contributed by atoms with Gasteiger partial charge in [-0.25, -0.2) is 0 Å². The summed E-state index contributed by atoms with van der Waals surface area (Å²) in [5.74, 6) is -0.526. The predicted molar refractivity (Wildman–Crippen MR) is 60.3 cm³/mol. The van der Waals surface area contributed by atoms with Crippen molar-refractivity contribution in [3.8, 4) is 11.5 Å². The quantitative estimate of drug-likeness (QED) is 0.488. The summed E-state index contributed by atoms with van der Waals surface area (Å²) in [7, 11) is 1.36. The van der Waals surface area contributed by atoms with Gasteiger partial charge < -0.3 is 9.84 Å². The Morgan fingerprint density at radius 2 is 2.18 bits per heavy atom. The lowest BCUT2D eigenvalue weighted by Gasteiger charge is -2.03. The van der Waals surface area contributed by atoms with E-state index in [0.29, 0.717) is 5.56 Å². The third-order valence-corrected chi connectivity index (χ3v) is 2.06. The molecule has 1 rings (SSSR count). The van der Waals surface area contributed by atoms with E-state index in [0.717, 1.165) is 13.0 Å². The number of benzene rings is 1. The SMILES string of the molecule is COc1cc(C=C(C(C)=O)[N+](=O)[O-])ccc1O. The van der Waals surface area contributed by atoms with Gasteiger partial charge in [-0.2, -0.15) is 0 Å². The van der Waals surface area contributed by atoms with Gasteiger partial charge in [0.15, 0.2) is 11.5 Å².